The Kier molecular flexibility index (Phi) is 7.43. The topological polar surface area (TPSA) is 75.3 Å². The van der Waals surface area contributed by atoms with Gasteiger partial charge in [-0.05, 0) is 26.2 Å². The molecule has 0 aromatic carbocycles. The molecule has 2 N–H and O–H groups in total. The quantitative estimate of drug-likeness (QED) is 0.555. The van der Waals surface area contributed by atoms with Crippen LogP contribution in [0.5, 0.6) is 0 Å². The molecule has 7 heteroatoms. The van der Waals surface area contributed by atoms with E-state index in [2.05, 4.69) is 60.4 Å². The molecule has 0 aliphatic carbocycles. The molecule has 0 aliphatic heterocycles. The van der Waals surface area contributed by atoms with Gasteiger partial charge in [-0.25, -0.2) is 9.98 Å². The van der Waals surface area contributed by atoms with Gasteiger partial charge in [-0.1, -0.05) is 25.9 Å². The summed E-state index contributed by atoms with van der Waals surface area (Å²) in [5.74, 6) is 1.93. The summed E-state index contributed by atoms with van der Waals surface area (Å²) < 4.78 is 5.34. The number of rotatable bonds is 8. The Morgan fingerprint density at radius 2 is 2.12 bits per heavy atom. The van der Waals surface area contributed by atoms with E-state index in [9.17, 15) is 0 Å². The Balaban J connectivity index is 1.88. The zero-order valence-electron chi connectivity index (χ0n) is 15.8. The molecular weight excluding hydrogens is 334 g/mol. The molecule has 0 saturated carbocycles. The molecule has 0 unspecified atom stereocenters. The molecule has 2 heterocycles. The Morgan fingerprint density at radius 1 is 1.32 bits per heavy atom. The first kappa shape index (κ1) is 19.4. The standard InChI is InChI=1S/C18H29N5OS/c1-6-15-13(5)25-17(22-15)8-9-20-18(19-7-2)21-11-14-10-16(12(3)4)23-24-14/h10,12H,6-9,11H2,1-5H3,(H2,19,20,21). The number of nitrogens with zero attached hydrogens (tertiary/aromatic N) is 3. The third-order valence-corrected chi connectivity index (χ3v) is 4.88. The molecule has 0 radical (unpaired) electrons. The lowest BCUT2D eigenvalue weighted by atomic mass is 10.1. The number of hydrogen-bond acceptors (Lipinski definition) is 5. The molecule has 0 saturated heterocycles. The summed E-state index contributed by atoms with van der Waals surface area (Å²) in [6, 6.07) is 1.97. The number of aromatic nitrogens is 2. The van der Waals surface area contributed by atoms with Gasteiger partial charge in [-0.2, -0.15) is 0 Å². The molecular formula is C18H29N5OS. The summed E-state index contributed by atoms with van der Waals surface area (Å²) in [6.07, 6.45) is 1.89. The predicted octanol–water partition coefficient (Wildman–Crippen LogP) is 3.42. The number of aliphatic imine (C=N–C) groups is 1. The van der Waals surface area contributed by atoms with Crippen molar-refractivity contribution >= 4 is 17.3 Å². The van der Waals surface area contributed by atoms with Crippen molar-refractivity contribution < 1.29 is 4.52 Å². The zero-order valence-corrected chi connectivity index (χ0v) is 16.7. The van der Waals surface area contributed by atoms with E-state index in [1.165, 1.54) is 15.6 Å². The van der Waals surface area contributed by atoms with Crippen LogP contribution in [0.1, 0.15) is 60.6 Å². The molecule has 0 bridgehead atoms. The lowest BCUT2D eigenvalue weighted by Crippen LogP contribution is -2.38. The van der Waals surface area contributed by atoms with Crippen molar-refractivity contribution in [2.24, 2.45) is 4.99 Å². The van der Waals surface area contributed by atoms with Crippen molar-refractivity contribution in [2.75, 3.05) is 13.1 Å². The van der Waals surface area contributed by atoms with E-state index in [1.807, 2.05) is 6.07 Å². The number of aryl methyl sites for hydroxylation is 2. The summed E-state index contributed by atoms with van der Waals surface area (Å²) in [7, 11) is 0. The molecule has 2 rings (SSSR count). The summed E-state index contributed by atoms with van der Waals surface area (Å²) in [5.41, 5.74) is 2.18. The highest BCUT2D eigenvalue weighted by Crippen LogP contribution is 2.18. The second-order valence-electron chi connectivity index (χ2n) is 6.21. The third-order valence-electron chi connectivity index (χ3n) is 3.81. The molecule has 0 atom stereocenters. The predicted molar refractivity (Wildman–Crippen MR) is 103 cm³/mol. The highest BCUT2D eigenvalue weighted by molar-refractivity contribution is 7.11. The van der Waals surface area contributed by atoms with Gasteiger partial charge in [0.25, 0.3) is 0 Å². The minimum Gasteiger partial charge on any atom is -0.359 e. The van der Waals surface area contributed by atoms with Gasteiger partial charge in [0, 0.05) is 30.5 Å². The zero-order chi connectivity index (χ0) is 18.2. The van der Waals surface area contributed by atoms with Crippen LogP contribution < -0.4 is 10.6 Å². The van der Waals surface area contributed by atoms with Crippen molar-refractivity contribution in [3.63, 3.8) is 0 Å². The summed E-state index contributed by atoms with van der Waals surface area (Å²) in [5, 5.41) is 11.9. The van der Waals surface area contributed by atoms with Crippen LogP contribution in [-0.4, -0.2) is 29.2 Å². The number of guanidine groups is 1. The Bertz CT molecular complexity index is 689. The van der Waals surface area contributed by atoms with Crippen LogP contribution in [0.25, 0.3) is 0 Å². The SMILES string of the molecule is CCNC(=NCc1cc(C(C)C)no1)NCCc1nc(CC)c(C)s1. The van der Waals surface area contributed by atoms with Gasteiger partial charge in [0.1, 0.15) is 6.54 Å². The van der Waals surface area contributed by atoms with Crippen molar-refractivity contribution in [1.29, 1.82) is 0 Å². The fourth-order valence-corrected chi connectivity index (χ4v) is 3.41. The number of nitrogens with one attached hydrogen (secondary N) is 2. The van der Waals surface area contributed by atoms with Gasteiger partial charge in [0.15, 0.2) is 11.7 Å². The normalized spacial score (nSPS) is 12.0. The highest BCUT2D eigenvalue weighted by atomic mass is 32.1. The smallest absolute Gasteiger partial charge is 0.191 e. The monoisotopic (exact) mass is 363 g/mol. The van der Waals surface area contributed by atoms with Crippen LogP contribution >= 0.6 is 11.3 Å². The van der Waals surface area contributed by atoms with Gasteiger partial charge in [0.2, 0.25) is 0 Å². The average molecular weight is 364 g/mol. The van der Waals surface area contributed by atoms with E-state index in [4.69, 9.17) is 4.52 Å². The summed E-state index contributed by atoms with van der Waals surface area (Å²) >= 11 is 1.78. The largest absolute Gasteiger partial charge is 0.359 e. The number of hydrogen-bond donors (Lipinski definition) is 2. The van der Waals surface area contributed by atoms with Crippen LogP contribution in [0.3, 0.4) is 0 Å². The molecule has 0 fully saturated rings. The summed E-state index contributed by atoms with van der Waals surface area (Å²) in [6.45, 7) is 12.6. The van der Waals surface area contributed by atoms with Crippen molar-refractivity contribution in [3.8, 4) is 0 Å². The van der Waals surface area contributed by atoms with Crippen LogP contribution in [0.4, 0.5) is 0 Å². The fraction of sp³-hybridized carbons (Fsp3) is 0.611. The summed E-state index contributed by atoms with van der Waals surface area (Å²) in [4.78, 5) is 10.6. The molecule has 6 nitrogen and oxygen atoms in total. The molecule has 138 valence electrons. The third kappa shape index (κ3) is 5.85. The first-order valence-corrected chi connectivity index (χ1v) is 9.77. The van der Waals surface area contributed by atoms with E-state index in [0.29, 0.717) is 12.5 Å². The van der Waals surface area contributed by atoms with Crippen LogP contribution in [0.15, 0.2) is 15.6 Å². The molecule has 0 aliphatic rings. The second-order valence-corrected chi connectivity index (χ2v) is 7.50. The maximum absolute atomic E-state index is 5.34. The first-order chi connectivity index (χ1) is 12.0. The second kappa shape index (κ2) is 9.56. The minimum atomic E-state index is 0.364. The van der Waals surface area contributed by atoms with Gasteiger partial charge < -0.3 is 15.2 Å². The Labute approximate surface area is 154 Å². The molecule has 0 amide bonds. The first-order valence-electron chi connectivity index (χ1n) is 8.96. The average Bonchev–Trinajstić information content (AvgIpc) is 3.19. The van der Waals surface area contributed by atoms with Crippen LogP contribution in [0, 0.1) is 6.92 Å². The lowest BCUT2D eigenvalue weighted by molar-refractivity contribution is 0.376. The lowest BCUT2D eigenvalue weighted by Gasteiger charge is -2.10. The molecule has 0 spiro atoms. The van der Waals surface area contributed by atoms with Crippen molar-refractivity contribution in [3.05, 3.63) is 33.1 Å². The van der Waals surface area contributed by atoms with E-state index in [1.54, 1.807) is 11.3 Å². The Hall–Kier alpha value is -1.89. The maximum atomic E-state index is 5.34. The maximum Gasteiger partial charge on any atom is 0.191 e. The molecule has 25 heavy (non-hydrogen) atoms. The number of thiazole rings is 1. The molecule has 2 aromatic heterocycles. The van der Waals surface area contributed by atoms with Gasteiger partial charge >= 0.3 is 0 Å². The van der Waals surface area contributed by atoms with Crippen LogP contribution in [0.2, 0.25) is 0 Å². The molecule has 2 aromatic rings. The van der Waals surface area contributed by atoms with E-state index in [-0.39, 0.29) is 0 Å². The Morgan fingerprint density at radius 3 is 2.72 bits per heavy atom. The van der Waals surface area contributed by atoms with E-state index < -0.39 is 0 Å². The van der Waals surface area contributed by atoms with Crippen LogP contribution in [-0.2, 0) is 19.4 Å². The van der Waals surface area contributed by atoms with Gasteiger partial charge in [-0.3, -0.25) is 0 Å². The van der Waals surface area contributed by atoms with E-state index >= 15 is 0 Å². The van der Waals surface area contributed by atoms with E-state index in [0.717, 1.165) is 43.3 Å². The minimum absolute atomic E-state index is 0.364. The van der Waals surface area contributed by atoms with Crippen molar-refractivity contribution in [1.82, 2.24) is 20.8 Å². The van der Waals surface area contributed by atoms with Gasteiger partial charge in [-0.15, -0.1) is 11.3 Å². The van der Waals surface area contributed by atoms with Crippen molar-refractivity contribution in [2.45, 2.75) is 59.9 Å². The fourth-order valence-electron chi connectivity index (χ4n) is 2.38. The highest BCUT2D eigenvalue weighted by Gasteiger charge is 2.08. The van der Waals surface area contributed by atoms with Gasteiger partial charge in [0.05, 0.1) is 16.4 Å².